The van der Waals surface area contributed by atoms with Crippen molar-refractivity contribution >= 4 is 45.7 Å². The van der Waals surface area contributed by atoms with Crippen LogP contribution in [0.3, 0.4) is 0 Å². The van der Waals surface area contributed by atoms with Gasteiger partial charge in [0.25, 0.3) is 23.1 Å². The number of carbonyl (C=O) groups is 2. The summed E-state index contributed by atoms with van der Waals surface area (Å²) >= 11 is -4.13. The highest BCUT2D eigenvalue weighted by Gasteiger charge is 2.36. The molecule has 0 saturated heterocycles. The van der Waals surface area contributed by atoms with E-state index < -0.39 is 28.6 Å². The van der Waals surface area contributed by atoms with Crippen LogP contribution in [0.5, 0.6) is 11.5 Å². The van der Waals surface area contributed by atoms with E-state index in [1.54, 1.807) is 40.9 Å². The van der Waals surface area contributed by atoms with Crippen molar-refractivity contribution in [3.63, 3.8) is 0 Å². The summed E-state index contributed by atoms with van der Waals surface area (Å²) in [6.07, 6.45) is 21.4. The molecule has 4 fully saturated rings. The number of H-pyrrole nitrogens is 1. The standard InChI is InChI=1S/C49H70N8O6S2/c1-33-26-27-37(31-43(33)63-64(60)53-34(2)46-51-50-45-32-44(49(3,4)5)52-57(45)46)54-65(61)62-42-29-35(47(58)55(38-18-10-6-11-19-38)39-20-12-7-13-21-39)28-36(30-42)48(59)56(40-22-14-8-15-23-40)41-24-16-9-17-25-41/h26-32,34,38-41,52-54H,6-25H2,1-5H3. The van der Waals surface area contributed by atoms with E-state index in [1.807, 2.05) is 19.9 Å². The van der Waals surface area contributed by atoms with Crippen molar-refractivity contribution in [3.05, 3.63) is 70.7 Å². The number of aromatic nitrogens is 4. The van der Waals surface area contributed by atoms with E-state index in [-0.39, 0.29) is 47.1 Å². The summed E-state index contributed by atoms with van der Waals surface area (Å²) in [4.78, 5) is 34.3. The maximum Gasteiger partial charge on any atom is 0.316 e. The van der Waals surface area contributed by atoms with Crippen LogP contribution in [0, 0.1) is 6.92 Å². The molecule has 2 amide bonds. The van der Waals surface area contributed by atoms with Crippen molar-refractivity contribution in [2.45, 2.75) is 199 Å². The molecule has 4 saturated carbocycles. The lowest BCUT2D eigenvalue weighted by atomic mass is 9.87. The minimum Gasteiger partial charge on any atom is -0.389 e. The summed E-state index contributed by atoms with van der Waals surface area (Å²) in [7, 11) is 0. The molecule has 2 heterocycles. The Kier molecular flexibility index (Phi) is 15.3. The van der Waals surface area contributed by atoms with Crippen LogP contribution in [-0.2, 0) is 27.9 Å². The van der Waals surface area contributed by atoms with Crippen LogP contribution in [0.25, 0.3) is 5.65 Å². The lowest BCUT2D eigenvalue weighted by Crippen LogP contribution is -2.49. The fourth-order valence-electron chi connectivity index (χ4n) is 10.6. The molecule has 354 valence electrons. The average molecular weight is 931 g/mol. The number of aryl methyl sites for hydroxylation is 1. The van der Waals surface area contributed by atoms with Crippen molar-refractivity contribution in [3.8, 4) is 11.5 Å². The van der Waals surface area contributed by atoms with E-state index in [0.717, 1.165) is 108 Å². The molecule has 0 aliphatic heterocycles. The number of nitrogens with zero attached hydrogens (tertiary/aromatic N) is 5. The SMILES string of the molecule is Cc1ccc(NS(=O)Oc2cc(C(=O)N(C3CCCCC3)C3CCCCC3)cc(C(=O)N(C3CCCCC3)C3CCCCC3)c2)cc1OS(=O)NC(C)c1nnc2cc(C(C)(C)C)[nH]n12. The Balaban J connectivity index is 1.03. The van der Waals surface area contributed by atoms with Crippen molar-refractivity contribution < 1.29 is 26.4 Å². The third kappa shape index (κ3) is 11.5. The largest absolute Gasteiger partial charge is 0.389 e. The van der Waals surface area contributed by atoms with Crippen LogP contribution >= 0.6 is 0 Å². The summed E-state index contributed by atoms with van der Waals surface area (Å²) in [6.45, 7) is 9.98. The zero-order chi connectivity index (χ0) is 45.7. The smallest absolute Gasteiger partial charge is 0.316 e. The number of anilines is 1. The van der Waals surface area contributed by atoms with Crippen LogP contribution in [0.4, 0.5) is 5.69 Å². The zero-order valence-corrected chi connectivity index (χ0v) is 40.7. The number of carbonyl (C=O) groups excluding carboxylic acids is 2. The second kappa shape index (κ2) is 21.1. The lowest BCUT2D eigenvalue weighted by molar-refractivity contribution is 0.0446. The number of aromatic amines is 1. The Hall–Kier alpha value is -4.28. The molecule has 0 bridgehead atoms. The molecule has 8 rings (SSSR count). The minimum absolute atomic E-state index is 0.0730. The maximum atomic E-state index is 15.0. The molecule has 65 heavy (non-hydrogen) atoms. The summed E-state index contributed by atoms with van der Waals surface area (Å²) in [5.74, 6) is 0.899. The third-order valence-corrected chi connectivity index (χ3v) is 15.8. The van der Waals surface area contributed by atoms with Crippen LogP contribution in [0.2, 0.25) is 0 Å². The first-order valence-electron chi connectivity index (χ1n) is 24.4. The summed E-state index contributed by atoms with van der Waals surface area (Å²) in [5.41, 5.74) is 3.46. The normalized spacial score (nSPS) is 20.0. The molecular weight excluding hydrogens is 861 g/mol. The first kappa shape index (κ1) is 47.2. The average Bonchev–Trinajstić information content (AvgIpc) is 3.92. The summed E-state index contributed by atoms with van der Waals surface area (Å²) in [6, 6.07) is 12.3. The fraction of sp³-hybridized carbons (Fsp3) is 0.633. The van der Waals surface area contributed by atoms with E-state index in [2.05, 4.69) is 55.3 Å². The predicted octanol–water partition coefficient (Wildman–Crippen LogP) is 10.3. The van der Waals surface area contributed by atoms with Gasteiger partial charge in [-0.15, -0.1) is 10.2 Å². The van der Waals surface area contributed by atoms with Gasteiger partial charge in [0.2, 0.25) is 0 Å². The van der Waals surface area contributed by atoms with Gasteiger partial charge in [-0.2, -0.15) is 13.1 Å². The Morgan fingerprint density at radius 2 is 1.18 bits per heavy atom. The van der Waals surface area contributed by atoms with Gasteiger partial charge in [0.15, 0.2) is 11.5 Å². The van der Waals surface area contributed by atoms with Crippen molar-refractivity contribution in [2.75, 3.05) is 4.72 Å². The minimum atomic E-state index is -2.15. The number of fused-ring (bicyclic) bond motifs is 1. The van der Waals surface area contributed by atoms with Gasteiger partial charge in [0.05, 0.1) is 11.7 Å². The Morgan fingerprint density at radius 1 is 0.692 bits per heavy atom. The molecule has 4 aliphatic rings. The first-order chi connectivity index (χ1) is 31.3. The van der Waals surface area contributed by atoms with Crippen LogP contribution in [-0.4, -0.2) is 74.0 Å². The van der Waals surface area contributed by atoms with Gasteiger partial charge in [0, 0.05) is 58.5 Å². The summed E-state index contributed by atoms with van der Waals surface area (Å²) in [5, 5.41) is 11.9. The highest BCUT2D eigenvalue weighted by Crippen LogP contribution is 2.36. The monoisotopic (exact) mass is 930 g/mol. The second-order valence-corrected chi connectivity index (χ2v) is 21.8. The second-order valence-electron chi connectivity index (χ2n) is 20.1. The van der Waals surface area contributed by atoms with Crippen LogP contribution < -0.4 is 17.8 Å². The topological polar surface area (TPSA) is 163 Å². The highest BCUT2D eigenvalue weighted by atomic mass is 32.2. The number of benzene rings is 2. The molecule has 14 nitrogen and oxygen atoms in total. The molecule has 3 atom stereocenters. The zero-order valence-electron chi connectivity index (χ0n) is 39.1. The third-order valence-electron chi connectivity index (χ3n) is 14.2. The summed E-state index contributed by atoms with van der Waals surface area (Å²) < 4.78 is 46.9. The number of hydrogen-bond acceptors (Lipinski definition) is 8. The number of hydrogen-bond donors (Lipinski definition) is 3. The Bertz CT molecular complexity index is 2210. The Labute approximate surface area is 390 Å². The van der Waals surface area contributed by atoms with Gasteiger partial charge in [-0.25, -0.2) is 4.52 Å². The van der Waals surface area contributed by atoms with E-state index in [9.17, 15) is 8.42 Å². The quantitative estimate of drug-likeness (QED) is 0.106. The first-order valence-corrected chi connectivity index (χ1v) is 26.6. The molecule has 4 aliphatic carbocycles. The van der Waals surface area contributed by atoms with Gasteiger partial charge in [-0.1, -0.05) is 104 Å². The van der Waals surface area contributed by atoms with Gasteiger partial charge in [-0.05, 0) is 95.0 Å². The van der Waals surface area contributed by atoms with Crippen molar-refractivity contribution in [1.29, 1.82) is 0 Å². The van der Waals surface area contributed by atoms with Crippen molar-refractivity contribution in [1.82, 2.24) is 34.3 Å². The van der Waals surface area contributed by atoms with Gasteiger partial charge < -0.3 is 18.2 Å². The molecule has 3 N–H and O–H groups in total. The molecule has 2 aromatic carbocycles. The maximum absolute atomic E-state index is 15.0. The van der Waals surface area contributed by atoms with E-state index in [1.165, 1.54) is 25.7 Å². The predicted molar refractivity (Wildman–Crippen MR) is 256 cm³/mol. The van der Waals surface area contributed by atoms with Crippen molar-refractivity contribution in [2.24, 2.45) is 0 Å². The lowest BCUT2D eigenvalue weighted by Gasteiger charge is -2.42. The molecule has 3 unspecified atom stereocenters. The van der Waals surface area contributed by atoms with Gasteiger partial charge in [-0.3, -0.25) is 19.4 Å². The fourth-order valence-corrected chi connectivity index (χ4v) is 12.0. The number of amides is 2. The van der Waals surface area contributed by atoms with Gasteiger partial charge in [0.1, 0.15) is 11.5 Å². The number of rotatable bonds is 15. The molecule has 0 spiro atoms. The van der Waals surface area contributed by atoms with Gasteiger partial charge >= 0.3 is 11.3 Å². The molecular formula is C49H70N8O6S2. The molecule has 2 aromatic heterocycles. The van der Waals surface area contributed by atoms with E-state index in [4.69, 9.17) is 8.37 Å². The highest BCUT2D eigenvalue weighted by molar-refractivity contribution is 7.82. The van der Waals surface area contributed by atoms with Crippen LogP contribution in [0.15, 0.2) is 42.5 Å². The van der Waals surface area contributed by atoms with Crippen LogP contribution in [0.1, 0.15) is 200 Å². The molecule has 0 radical (unpaired) electrons. The molecule has 4 aromatic rings. The Morgan fingerprint density at radius 3 is 1.66 bits per heavy atom. The van der Waals surface area contributed by atoms with E-state index in [0.29, 0.717) is 39.6 Å². The van der Waals surface area contributed by atoms with E-state index >= 15 is 9.59 Å². The number of nitrogens with one attached hydrogen (secondary N) is 3. The molecule has 16 heteroatoms.